The number of carbonyl (C=O) groups excluding carboxylic acids is 1. The zero-order valence-corrected chi connectivity index (χ0v) is 25.1. The summed E-state index contributed by atoms with van der Waals surface area (Å²) in [4.78, 5) is 29.1. The lowest BCUT2D eigenvalue weighted by Gasteiger charge is -2.33. The predicted octanol–water partition coefficient (Wildman–Crippen LogP) is 4.42. The van der Waals surface area contributed by atoms with Crippen LogP contribution in [0.4, 0.5) is 5.69 Å². The predicted molar refractivity (Wildman–Crippen MR) is 166 cm³/mol. The molecule has 1 aliphatic rings. The van der Waals surface area contributed by atoms with E-state index in [9.17, 15) is 4.79 Å². The second-order valence-electron chi connectivity index (χ2n) is 10.8. The Labute approximate surface area is 251 Å². The maximum Gasteiger partial charge on any atom is 0.257 e. The van der Waals surface area contributed by atoms with Crippen LogP contribution in [0.15, 0.2) is 54.7 Å². The van der Waals surface area contributed by atoms with Crippen LogP contribution in [0.1, 0.15) is 18.4 Å². The quantitative estimate of drug-likeness (QED) is 0.222. The Morgan fingerprint density at radius 2 is 1.81 bits per heavy atom. The second-order valence-corrected chi connectivity index (χ2v) is 11.2. The number of nitrogens with zero attached hydrogens (tertiary/aromatic N) is 4. The van der Waals surface area contributed by atoms with Crippen LogP contribution in [0.5, 0.6) is 11.5 Å². The minimum atomic E-state index is -0.149. The molecule has 3 N–H and O–H groups in total. The van der Waals surface area contributed by atoms with E-state index in [0.29, 0.717) is 34.8 Å². The average Bonchev–Trinajstić information content (AvgIpc) is 3.44. The van der Waals surface area contributed by atoms with Crippen molar-refractivity contribution in [2.75, 3.05) is 59.3 Å². The summed E-state index contributed by atoms with van der Waals surface area (Å²) in [6.07, 6.45) is 3.66. The average molecular weight is 592 g/mol. The molecule has 1 amide bonds. The van der Waals surface area contributed by atoms with Crippen molar-refractivity contribution in [3.05, 3.63) is 65.3 Å². The molecular weight excluding hydrogens is 554 g/mol. The number of anilines is 1. The van der Waals surface area contributed by atoms with Gasteiger partial charge in [0.25, 0.3) is 5.91 Å². The molecule has 1 fully saturated rings. The van der Waals surface area contributed by atoms with Gasteiger partial charge in [0.1, 0.15) is 22.8 Å². The molecule has 0 saturated carbocycles. The molecule has 222 valence electrons. The molecule has 0 atom stereocenters. The molecule has 4 aromatic rings. The molecule has 2 aromatic carbocycles. The Balaban J connectivity index is 1.18. The standard InChI is InChI=1S/C31H38ClN7O3/c1-38(2)17-14-33-27(40)20-42-25-10-6-22(7-11-25)30-36-29-28(26(32)18-34-31(29)37-30)35-23-12-15-39(16-13-23)19-21-4-8-24(41-3)9-5-21/h4-11,18,23H,12-17,19-20H2,1-3H3,(H,33,40)(H2,34,35,36,37). The highest BCUT2D eigenvalue weighted by atomic mass is 35.5. The molecule has 11 heteroatoms. The van der Waals surface area contributed by atoms with Crippen LogP contribution >= 0.6 is 11.6 Å². The smallest absolute Gasteiger partial charge is 0.257 e. The summed E-state index contributed by atoms with van der Waals surface area (Å²) in [5, 5.41) is 7.07. The molecule has 0 radical (unpaired) electrons. The number of halogens is 1. The van der Waals surface area contributed by atoms with E-state index in [1.165, 1.54) is 5.56 Å². The number of aromatic nitrogens is 3. The lowest BCUT2D eigenvalue weighted by Crippen LogP contribution is -2.38. The van der Waals surface area contributed by atoms with Crippen molar-refractivity contribution in [1.29, 1.82) is 0 Å². The maximum absolute atomic E-state index is 12.0. The number of nitrogens with one attached hydrogen (secondary N) is 3. The van der Waals surface area contributed by atoms with Gasteiger partial charge in [0.15, 0.2) is 12.3 Å². The molecule has 1 saturated heterocycles. The minimum absolute atomic E-state index is 0.0325. The first-order valence-corrected chi connectivity index (χ1v) is 14.6. The van der Waals surface area contributed by atoms with Gasteiger partial charge in [-0.3, -0.25) is 9.69 Å². The van der Waals surface area contributed by atoms with Crippen LogP contribution in [0.3, 0.4) is 0 Å². The number of aromatic amines is 1. The number of ether oxygens (including phenoxy) is 2. The number of benzene rings is 2. The summed E-state index contributed by atoms with van der Waals surface area (Å²) in [6.45, 7) is 4.24. The van der Waals surface area contributed by atoms with E-state index >= 15 is 0 Å². The lowest BCUT2D eigenvalue weighted by atomic mass is 10.0. The number of imidazole rings is 1. The molecule has 10 nitrogen and oxygen atoms in total. The molecule has 0 spiro atoms. The Morgan fingerprint density at radius 1 is 1.10 bits per heavy atom. The summed E-state index contributed by atoms with van der Waals surface area (Å²) < 4.78 is 10.9. The van der Waals surface area contributed by atoms with E-state index in [1.807, 2.05) is 55.4 Å². The number of likely N-dealkylation sites (N-methyl/N-ethyl adjacent to an activating group) is 1. The number of pyridine rings is 1. The van der Waals surface area contributed by atoms with E-state index < -0.39 is 0 Å². The zero-order valence-electron chi connectivity index (χ0n) is 24.3. The number of methoxy groups -OCH3 is 1. The van der Waals surface area contributed by atoms with Crippen LogP contribution in [-0.2, 0) is 11.3 Å². The van der Waals surface area contributed by atoms with E-state index in [4.69, 9.17) is 26.1 Å². The van der Waals surface area contributed by atoms with Gasteiger partial charge in [-0.2, -0.15) is 0 Å². The largest absolute Gasteiger partial charge is 0.497 e. The van der Waals surface area contributed by atoms with Crippen molar-refractivity contribution >= 4 is 34.4 Å². The summed E-state index contributed by atoms with van der Waals surface area (Å²) >= 11 is 6.62. The molecule has 5 rings (SSSR count). The third-order valence-corrected chi connectivity index (χ3v) is 7.64. The number of likely N-dealkylation sites (tertiary alicyclic amines) is 1. The number of rotatable bonds is 12. The number of fused-ring (bicyclic) bond motifs is 1. The Hall–Kier alpha value is -3.86. The zero-order chi connectivity index (χ0) is 29.5. The summed E-state index contributed by atoms with van der Waals surface area (Å²) in [7, 11) is 5.61. The number of H-pyrrole nitrogens is 1. The molecule has 42 heavy (non-hydrogen) atoms. The first-order chi connectivity index (χ1) is 20.4. The van der Waals surface area contributed by atoms with Crippen LogP contribution in [-0.4, -0.2) is 90.7 Å². The van der Waals surface area contributed by atoms with Gasteiger partial charge in [-0.25, -0.2) is 9.97 Å². The van der Waals surface area contributed by atoms with Gasteiger partial charge in [0.05, 0.1) is 24.0 Å². The number of amides is 1. The molecule has 0 unspecified atom stereocenters. The monoisotopic (exact) mass is 591 g/mol. The highest BCUT2D eigenvalue weighted by Gasteiger charge is 2.22. The fourth-order valence-corrected chi connectivity index (χ4v) is 5.17. The van der Waals surface area contributed by atoms with Crippen LogP contribution in [0.25, 0.3) is 22.6 Å². The molecule has 2 aromatic heterocycles. The van der Waals surface area contributed by atoms with E-state index in [1.54, 1.807) is 13.3 Å². The molecule has 0 aliphatic carbocycles. The second kappa shape index (κ2) is 13.9. The van der Waals surface area contributed by atoms with Crippen molar-refractivity contribution in [1.82, 2.24) is 30.1 Å². The molecule has 0 bridgehead atoms. The number of carbonyl (C=O) groups is 1. The van der Waals surface area contributed by atoms with Crippen molar-refractivity contribution in [3.63, 3.8) is 0 Å². The first kappa shape index (κ1) is 29.6. The summed E-state index contributed by atoms with van der Waals surface area (Å²) in [5.41, 5.74) is 4.38. The lowest BCUT2D eigenvalue weighted by molar-refractivity contribution is -0.123. The van der Waals surface area contributed by atoms with Gasteiger partial charge in [0.2, 0.25) is 0 Å². The van der Waals surface area contributed by atoms with Crippen LogP contribution < -0.4 is 20.1 Å². The first-order valence-electron chi connectivity index (χ1n) is 14.2. The van der Waals surface area contributed by atoms with Gasteiger partial charge in [-0.1, -0.05) is 23.7 Å². The third-order valence-electron chi connectivity index (χ3n) is 7.35. The third kappa shape index (κ3) is 7.70. The van der Waals surface area contributed by atoms with Gasteiger partial charge < -0.3 is 30.0 Å². The highest BCUT2D eigenvalue weighted by molar-refractivity contribution is 6.34. The number of piperidine rings is 1. The van der Waals surface area contributed by atoms with E-state index in [2.05, 4.69) is 37.6 Å². The Kier molecular flexibility index (Phi) is 9.78. The maximum atomic E-state index is 12.0. The Morgan fingerprint density at radius 3 is 2.50 bits per heavy atom. The van der Waals surface area contributed by atoms with Crippen LogP contribution in [0, 0.1) is 0 Å². The van der Waals surface area contributed by atoms with Gasteiger partial charge in [-0.05, 0) is 68.9 Å². The summed E-state index contributed by atoms with van der Waals surface area (Å²) in [5.74, 6) is 2.02. The van der Waals surface area contributed by atoms with Gasteiger partial charge in [-0.15, -0.1) is 0 Å². The highest BCUT2D eigenvalue weighted by Crippen LogP contribution is 2.32. The topological polar surface area (TPSA) is 108 Å². The fourth-order valence-electron chi connectivity index (χ4n) is 4.97. The van der Waals surface area contributed by atoms with Gasteiger partial charge in [0, 0.05) is 44.3 Å². The van der Waals surface area contributed by atoms with Crippen LogP contribution in [0.2, 0.25) is 5.02 Å². The van der Waals surface area contributed by atoms with Gasteiger partial charge >= 0.3 is 0 Å². The number of hydrogen-bond acceptors (Lipinski definition) is 8. The normalized spacial score (nSPS) is 14.3. The van der Waals surface area contributed by atoms with Crippen molar-refractivity contribution in [2.45, 2.75) is 25.4 Å². The molecule has 1 aliphatic heterocycles. The fraction of sp³-hybridized carbons (Fsp3) is 0.387. The minimum Gasteiger partial charge on any atom is -0.497 e. The van der Waals surface area contributed by atoms with E-state index in [-0.39, 0.29) is 12.5 Å². The van der Waals surface area contributed by atoms with E-state index in [0.717, 1.165) is 61.5 Å². The SMILES string of the molecule is COc1ccc(CN2CCC(Nc3c(Cl)cnc4nc(-c5ccc(OCC(=O)NCCN(C)C)cc5)[nH]c34)CC2)cc1. The Bertz CT molecular complexity index is 1470. The summed E-state index contributed by atoms with van der Waals surface area (Å²) in [6, 6.07) is 16.0. The molecule has 3 heterocycles. The van der Waals surface area contributed by atoms with Crippen molar-refractivity contribution < 1.29 is 14.3 Å². The molecular formula is C31H38ClN7O3. The van der Waals surface area contributed by atoms with Crippen molar-refractivity contribution in [2.24, 2.45) is 0 Å². The van der Waals surface area contributed by atoms with Crippen molar-refractivity contribution in [3.8, 4) is 22.9 Å². The number of hydrogen-bond donors (Lipinski definition) is 3.